The molecule has 0 fully saturated rings. The monoisotopic (exact) mass is 210 g/mol. The lowest BCUT2D eigenvalue weighted by molar-refractivity contribution is 0.164. The van der Waals surface area contributed by atoms with Gasteiger partial charge in [0.25, 0.3) is 0 Å². The maximum absolute atomic E-state index is 13.6. The van der Waals surface area contributed by atoms with E-state index in [-0.39, 0.29) is 0 Å². The Morgan fingerprint density at radius 2 is 2.00 bits per heavy atom. The Bertz CT molecular complexity index is 410. The van der Waals surface area contributed by atoms with Crippen LogP contribution in [0.25, 0.3) is 5.57 Å². The van der Waals surface area contributed by atoms with E-state index in [1.807, 2.05) is 6.08 Å². The molecule has 0 aromatic heterocycles. The Kier molecular flexibility index (Phi) is 2.82. The van der Waals surface area contributed by atoms with Crippen LogP contribution in [0.1, 0.15) is 17.5 Å². The smallest absolute Gasteiger partial charge is 0.166 e. The molecule has 1 aliphatic heterocycles. The van der Waals surface area contributed by atoms with Crippen LogP contribution in [0.5, 0.6) is 0 Å². The topological polar surface area (TPSA) is 9.23 Å². The summed E-state index contributed by atoms with van der Waals surface area (Å²) in [5.74, 6) is -1.54. The summed E-state index contributed by atoms with van der Waals surface area (Å²) in [6, 6.07) is 3.19. The van der Waals surface area contributed by atoms with Gasteiger partial charge in [-0.15, -0.1) is 0 Å². The number of hydrogen-bond acceptors (Lipinski definition) is 1. The average Bonchev–Trinajstić information content (AvgIpc) is 2.27. The summed E-state index contributed by atoms with van der Waals surface area (Å²) in [6.07, 6.45) is 2.65. The zero-order valence-electron chi connectivity index (χ0n) is 8.52. The fourth-order valence-corrected chi connectivity index (χ4v) is 1.64. The van der Waals surface area contributed by atoms with Crippen molar-refractivity contribution in [2.45, 2.75) is 13.3 Å². The molecule has 0 radical (unpaired) electrons. The van der Waals surface area contributed by atoms with Crippen molar-refractivity contribution in [1.82, 2.24) is 0 Å². The van der Waals surface area contributed by atoms with Gasteiger partial charge in [-0.25, -0.2) is 8.78 Å². The highest BCUT2D eigenvalue weighted by molar-refractivity contribution is 5.67. The van der Waals surface area contributed by atoms with Gasteiger partial charge in [0, 0.05) is 5.56 Å². The third-order valence-corrected chi connectivity index (χ3v) is 2.53. The first-order valence-electron chi connectivity index (χ1n) is 4.92. The van der Waals surface area contributed by atoms with Gasteiger partial charge in [0.15, 0.2) is 11.6 Å². The fourth-order valence-electron chi connectivity index (χ4n) is 1.64. The van der Waals surface area contributed by atoms with Crippen molar-refractivity contribution in [2.24, 2.45) is 0 Å². The van der Waals surface area contributed by atoms with Gasteiger partial charge < -0.3 is 4.74 Å². The van der Waals surface area contributed by atoms with Crippen molar-refractivity contribution in [3.05, 3.63) is 41.0 Å². The first-order chi connectivity index (χ1) is 7.20. The maximum atomic E-state index is 13.6. The van der Waals surface area contributed by atoms with E-state index in [0.29, 0.717) is 24.3 Å². The summed E-state index contributed by atoms with van der Waals surface area (Å²) in [6.45, 7) is 2.56. The molecule has 1 aromatic rings. The molecular formula is C12H12F2O. The molecule has 0 saturated heterocycles. The molecule has 1 heterocycles. The zero-order valence-corrected chi connectivity index (χ0v) is 8.52. The lowest BCUT2D eigenvalue weighted by atomic mass is 10.0. The number of rotatable bonds is 1. The summed E-state index contributed by atoms with van der Waals surface area (Å²) in [5, 5.41) is 0. The van der Waals surface area contributed by atoms with E-state index in [0.717, 1.165) is 12.0 Å². The molecule has 3 heteroatoms. The molecule has 2 rings (SSSR count). The normalized spacial score (nSPS) is 16.3. The van der Waals surface area contributed by atoms with Crippen molar-refractivity contribution in [3.8, 4) is 0 Å². The minimum Gasteiger partial charge on any atom is -0.376 e. The predicted molar refractivity (Wildman–Crippen MR) is 54.5 cm³/mol. The predicted octanol–water partition coefficient (Wildman–Crippen LogP) is 3.08. The van der Waals surface area contributed by atoms with Gasteiger partial charge in [-0.3, -0.25) is 0 Å². The van der Waals surface area contributed by atoms with Crippen LogP contribution in [0.2, 0.25) is 0 Å². The first kappa shape index (κ1) is 10.3. The maximum Gasteiger partial charge on any atom is 0.166 e. The van der Waals surface area contributed by atoms with E-state index >= 15 is 0 Å². The molecule has 80 valence electrons. The molecule has 0 N–H and O–H groups in total. The highest BCUT2D eigenvalue weighted by Gasteiger charge is 2.15. The lowest BCUT2D eigenvalue weighted by Gasteiger charge is -2.15. The van der Waals surface area contributed by atoms with Crippen molar-refractivity contribution in [2.75, 3.05) is 13.2 Å². The van der Waals surface area contributed by atoms with Gasteiger partial charge in [-0.2, -0.15) is 0 Å². The van der Waals surface area contributed by atoms with E-state index in [1.165, 1.54) is 0 Å². The van der Waals surface area contributed by atoms with Crippen LogP contribution >= 0.6 is 0 Å². The number of hydrogen-bond donors (Lipinski definition) is 0. The molecule has 0 unspecified atom stereocenters. The Morgan fingerprint density at radius 3 is 2.67 bits per heavy atom. The molecule has 0 atom stereocenters. The Morgan fingerprint density at radius 1 is 1.20 bits per heavy atom. The standard InChI is InChI=1S/C12H12F2O/c1-8-4-5-10(12(14)11(8)13)9-3-2-6-15-7-9/h3-5H,2,6-7H2,1H3. The molecule has 1 nitrogen and oxygen atoms in total. The molecule has 0 amide bonds. The van der Waals surface area contributed by atoms with Crippen LogP contribution in [0.4, 0.5) is 8.78 Å². The molecule has 0 bridgehead atoms. The van der Waals surface area contributed by atoms with Crippen LogP contribution in [0.3, 0.4) is 0 Å². The molecule has 0 saturated carbocycles. The van der Waals surface area contributed by atoms with Gasteiger partial charge in [0.05, 0.1) is 13.2 Å². The van der Waals surface area contributed by atoms with Gasteiger partial charge in [0.2, 0.25) is 0 Å². The summed E-state index contributed by atoms with van der Waals surface area (Å²) >= 11 is 0. The third-order valence-electron chi connectivity index (χ3n) is 2.53. The Hall–Kier alpha value is -1.22. The van der Waals surface area contributed by atoms with Gasteiger partial charge >= 0.3 is 0 Å². The summed E-state index contributed by atoms with van der Waals surface area (Å²) < 4.78 is 32.1. The van der Waals surface area contributed by atoms with Crippen LogP contribution < -0.4 is 0 Å². The Labute approximate surface area is 87.4 Å². The quantitative estimate of drug-likeness (QED) is 0.692. The van der Waals surface area contributed by atoms with Crippen molar-refractivity contribution < 1.29 is 13.5 Å². The second-order valence-corrected chi connectivity index (χ2v) is 3.63. The highest BCUT2D eigenvalue weighted by atomic mass is 19.2. The zero-order chi connectivity index (χ0) is 10.8. The fraction of sp³-hybridized carbons (Fsp3) is 0.333. The molecule has 0 aliphatic carbocycles. The van der Waals surface area contributed by atoms with Crippen molar-refractivity contribution in [1.29, 1.82) is 0 Å². The lowest BCUT2D eigenvalue weighted by Crippen LogP contribution is -2.07. The largest absolute Gasteiger partial charge is 0.376 e. The SMILES string of the molecule is Cc1ccc(C2=CCCOC2)c(F)c1F. The average molecular weight is 210 g/mol. The second-order valence-electron chi connectivity index (χ2n) is 3.63. The second kappa shape index (κ2) is 4.11. The Balaban J connectivity index is 2.44. The minimum absolute atomic E-state index is 0.317. The van der Waals surface area contributed by atoms with E-state index in [2.05, 4.69) is 0 Å². The number of ether oxygens (including phenoxy) is 1. The van der Waals surface area contributed by atoms with Gasteiger partial charge in [-0.05, 0) is 24.5 Å². The molecular weight excluding hydrogens is 198 g/mol. The van der Waals surface area contributed by atoms with E-state index in [9.17, 15) is 8.78 Å². The van der Waals surface area contributed by atoms with Crippen LogP contribution in [0, 0.1) is 18.6 Å². The van der Waals surface area contributed by atoms with Gasteiger partial charge in [-0.1, -0.05) is 18.2 Å². The summed E-state index contributed by atoms with van der Waals surface area (Å²) in [7, 11) is 0. The van der Waals surface area contributed by atoms with Crippen LogP contribution in [0.15, 0.2) is 18.2 Å². The minimum atomic E-state index is -0.772. The molecule has 15 heavy (non-hydrogen) atoms. The molecule has 1 aliphatic rings. The van der Waals surface area contributed by atoms with E-state index in [1.54, 1.807) is 19.1 Å². The first-order valence-corrected chi connectivity index (χ1v) is 4.92. The van der Waals surface area contributed by atoms with Crippen molar-refractivity contribution >= 4 is 5.57 Å². The van der Waals surface area contributed by atoms with Crippen molar-refractivity contribution in [3.63, 3.8) is 0 Å². The van der Waals surface area contributed by atoms with Crippen LogP contribution in [-0.4, -0.2) is 13.2 Å². The third kappa shape index (κ3) is 1.92. The summed E-state index contributed by atoms with van der Waals surface area (Å²) in [5.41, 5.74) is 1.38. The number of halogens is 2. The van der Waals surface area contributed by atoms with E-state index < -0.39 is 11.6 Å². The highest BCUT2D eigenvalue weighted by Crippen LogP contribution is 2.24. The van der Waals surface area contributed by atoms with E-state index in [4.69, 9.17) is 4.74 Å². The van der Waals surface area contributed by atoms with Crippen LogP contribution in [-0.2, 0) is 4.74 Å². The molecule has 0 spiro atoms. The summed E-state index contributed by atoms with van der Waals surface area (Å²) in [4.78, 5) is 0. The number of aryl methyl sites for hydroxylation is 1. The van der Waals surface area contributed by atoms with Gasteiger partial charge in [0.1, 0.15) is 0 Å². The number of benzene rings is 1. The molecule has 1 aromatic carbocycles.